The molecule has 234 valence electrons. The fourth-order valence-corrected chi connectivity index (χ4v) is 7.56. The topological polar surface area (TPSA) is 103 Å². The van der Waals surface area contributed by atoms with Crippen LogP contribution in [0.5, 0.6) is 0 Å². The lowest BCUT2D eigenvalue weighted by Crippen LogP contribution is -2.52. The summed E-state index contributed by atoms with van der Waals surface area (Å²) in [5.74, 6) is 0.584. The van der Waals surface area contributed by atoms with E-state index in [1.807, 2.05) is 29.2 Å². The molecule has 5 N–H and O–H groups in total. The number of carbonyl (C=O) groups excluding carboxylic acids is 1. The summed E-state index contributed by atoms with van der Waals surface area (Å²) in [5.41, 5.74) is 6.64. The van der Waals surface area contributed by atoms with Gasteiger partial charge in [-0.25, -0.2) is 5.43 Å². The molecule has 1 saturated carbocycles. The highest BCUT2D eigenvalue weighted by atomic mass is 35.5. The van der Waals surface area contributed by atoms with Crippen LogP contribution in [0.25, 0.3) is 0 Å². The molecular formula is C32H51ClN5O4+. The van der Waals surface area contributed by atoms with Crippen LogP contribution in [-0.4, -0.2) is 96.8 Å². The summed E-state index contributed by atoms with van der Waals surface area (Å²) in [6.07, 6.45) is 4.38. The number of hydrogen-bond acceptors (Lipinski definition) is 7. The number of nitrogens with one attached hydrogen (secondary N) is 2. The minimum absolute atomic E-state index is 0.0111. The molecule has 5 atom stereocenters. The van der Waals surface area contributed by atoms with E-state index in [4.69, 9.17) is 21.4 Å². The highest BCUT2D eigenvalue weighted by molar-refractivity contribution is 6.33. The van der Waals surface area contributed by atoms with Crippen LogP contribution in [-0.2, 0) is 9.53 Å². The maximum absolute atomic E-state index is 13.4. The second-order valence-electron chi connectivity index (χ2n) is 13.0. The molecule has 1 aromatic carbocycles. The first kappa shape index (κ1) is 31.7. The summed E-state index contributed by atoms with van der Waals surface area (Å²) in [5, 5.41) is 26.4. The Balaban J connectivity index is 1.42. The Morgan fingerprint density at radius 1 is 1.24 bits per heavy atom. The first-order valence-electron chi connectivity index (χ1n) is 16.0. The van der Waals surface area contributed by atoms with Gasteiger partial charge in [-0.2, -0.15) is 0 Å². The van der Waals surface area contributed by atoms with E-state index in [-0.39, 0.29) is 29.3 Å². The van der Waals surface area contributed by atoms with Gasteiger partial charge >= 0.3 is 0 Å². The SMILES string of the molecule is CCC1NN(c2ccccc2Cl)C(CCCC[OH2+])=C1C(O)N(CC(C)C)C1CC12CNC[C@H](C(=O)N1CCOCC1)C2. The van der Waals surface area contributed by atoms with Gasteiger partial charge in [-0.15, -0.1) is 0 Å². The molecule has 0 radical (unpaired) electrons. The van der Waals surface area contributed by atoms with E-state index in [0.29, 0.717) is 43.9 Å². The van der Waals surface area contributed by atoms with Crippen LogP contribution >= 0.6 is 11.6 Å². The predicted molar refractivity (Wildman–Crippen MR) is 167 cm³/mol. The number of amides is 1. The number of anilines is 1. The zero-order valence-corrected chi connectivity index (χ0v) is 26.3. The average molecular weight is 605 g/mol. The summed E-state index contributed by atoms with van der Waals surface area (Å²) in [6.45, 7) is 11.9. The number of halogens is 1. The smallest absolute Gasteiger partial charge is 0.227 e. The van der Waals surface area contributed by atoms with Gasteiger partial charge in [0.15, 0.2) is 0 Å². The van der Waals surface area contributed by atoms with Gasteiger partial charge in [0.05, 0.1) is 35.9 Å². The van der Waals surface area contributed by atoms with Crippen LogP contribution in [0.4, 0.5) is 5.69 Å². The molecule has 1 aromatic rings. The third-order valence-corrected chi connectivity index (χ3v) is 9.83. The number of nitrogens with zero attached hydrogens (tertiary/aromatic N) is 3. The first-order valence-corrected chi connectivity index (χ1v) is 16.4. The maximum atomic E-state index is 13.4. The summed E-state index contributed by atoms with van der Waals surface area (Å²) >= 11 is 6.68. The van der Waals surface area contributed by atoms with Crippen molar-refractivity contribution in [2.24, 2.45) is 17.3 Å². The highest BCUT2D eigenvalue weighted by Crippen LogP contribution is 2.56. The summed E-state index contributed by atoms with van der Waals surface area (Å²) < 4.78 is 5.48. The van der Waals surface area contributed by atoms with Crippen molar-refractivity contribution in [2.75, 3.05) is 57.6 Å². The molecule has 1 spiro atoms. The zero-order valence-electron chi connectivity index (χ0n) is 25.6. The van der Waals surface area contributed by atoms with E-state index in [1.54, 1.807) is 0 Å². The van der Waals surface area contributed by atoms with Gasteiger partial charge in [0.1, 0.15) is 12.8 Å². The lowest BCUT2D eigenvalue weighted by molar-refractivity contribution is -0.141. The molecule has 0 bridgehead atoms. The van der Waals surface area contributed by atoms with Crippen LogP contribution in [0.2, 0.25) is 5.02 Å². The lowest BCUT2D eigenvalue weighted by atomic mass is 9.85. The largest absolute Gasteiger partial charge is 0.445 e. The Hall–Kier alpha value is -1.72. The number of allylic oxidation sites excluding steroid dienone is 1. The molecule has 1 aliphatic carbocycles. The number of benzene rings is 1. The number of para-hydroxylation sites is 1. The van der Waals surface area contributed by atoms with E-state index >= 15 is 0 Å². The van der Waals surface area contributed by atoms with Crippen molar-refractivity contribution in [3.63, 3.8) is 0 Å². The van der Waals surface area contributed by atoms with Crippen molar-refractivity contribution in [2.45, 2.75) is 77.6 Å². The van der Waals surface area contributed by atoms with Crippen molar-refractivity contribution in [1.29, 1.82) is 0 Å². The van der Waals surface area contributed by atoms with Gasteiger partial charge in [-0.3, -0.25) is 14.7 Å². The predicted octanol–water partition coefficient (Wildman–Crippen LogP) is 3.10. The fraction of sp³-hybridized carbons (Fsp3) is 0.719. The molecule has 5 rings (SSSR count). The third kappa shape index (κ3) is 6.67. The number of aliphatic hydroxyl groups excluding tert-OH is 1. The summed E-state index contributed by atoms with van der Waals surface area (Å²) in [7, 11) is 0. The maximum Gasteiger partial charge on any atom is 0.227 e. The monoisotopic (exact) mass is 604 g/mol. The number of morpholine rings is 1. The van der Waals surface area contributed by atoms with Crippen molar-refractivity contribution in [1.82, 2.24) is 20.5 Å². The number of rotatable bonds is 12. The number of unbranched alkanes of at least 4 members (excludes halogenated alkanes) is 1. The highest BCUT2D eigenvalue weighted by Gasteiger charge is 2.61. The van der Waals surface area contributed by atoms with Gasteiger partial charge in [0, 0.05) is 61.9 Å². The quantitative estimate of drug-likeness (QED) is 0.191. The number of ether oxygens (including phenoxy) is 1. The van der Waals surface area contributed by atoms with Crippen molar-refractivity contribution in [3.8, 4) is 0 Å². The molecule has 4 aliphatic rings. The molecule has 9 nitrogen and oxygen atoms in total. The van der Waals surface area contributed by atoms with Gasteiger partial charge in [-0.1, -0.05) is 44.5 Å². The zero-order chi connectivity index (χ0) is 29.9. The molecule has 10 heteroatoms. The average Bonchev–Trinajstić information content (AvgIpc) is 3.54. The normalized spacial score (nSPS) is 28.8. The Morgan fingerprint density at radius 2 is 2.00 bits per heavy atom. The summed E-state index contributed by atoms with van der Waals surface area (Å²) in [4.78, 5) is 17.7. The first-order chi connectivity index (χ1) is 20.3. The van der Waals surface area contributed by atoms with Crippen molar-refractivity contribution in [3.05, 3.63) is 40.6 Å². The van der Waals surface area contributed by atoms with Crippen molar-refractivity contribution < 1.29 is 19.7 Å². The molecule has 2 saturated heterocycles. The van der Waals surface area contributed by atoms with Crippen molar-refractivity contribution >= 4 is 23.2 Å². The number of carbonyl (C=O) groups is 1. The number of hydrazine groups is 1. The van der Waals surface area contributed by atoms with Gasteiger partial charge < -0.3 is 25.2 Å². The Morgan fingerprint density at radius 3 is 2.69 bits per heavy atom. The number of hydrogen-bond donors (Lipinski definition) is 3. The Kier molecular flexibility index (Phi) is 10.5. The van der Waals surface area contributed by atoms with E-state index in [9.17, 15) is 9.90 Å². The van der Waals surface area contributed by atoms with E-state index < -0.39 is 6.23 Å². The third-order valence-electron chi connectivity index (χ3n) is 9.51. The standard InChI is InChI=1S/C32H50ClN5O4/c1-4-25-29(27(11-7-8-14-39)38(35-25)26-10-6-5-9-24(26)33)31(41)37(20-22(2)3)28-18-32(28)17-23(19-34-21-32)30(40)36-12-15-42-16-13-36/h5-6,9-10,22-23,25,28,31,34-35,39,41H,4,7-8,11-21H2,1-3H3/p+1/t23-,25?,28?,31?,32?/m1/s1. The number of piperidine rings is 1. The number of aliphatic hydroxyl groups is 1. The van der Waals surface area contributed by atoms with Gasteiger partial charge in [0.2, 0.25) is 5.91 Å². The van der Waals surface area contributed by atoms with Gasteiger partial charge in [0.25, 0.3) is 0 Å². The lowest BCUT2D eigenvalue weighted by Gasteiger charge is -2.38. The Labute approximate surface area is 256 Å². The van der Waals surface area contributed by atoms with Crippen LogP contribution < -0.4 is 15.8 Å². The molecule has 1 amide bonds. The van der Waals surface area contributed by atoms with E-state index in [2.05, 4.69) is 41.4 Å². The van der Waals surface area contributed by atoms with Crippen LogP contribution in [0.1, 0.15) is 59.3 Å². The molecule has 42 heavy (non-hydrogen) atoms. The molecule has 0 aromatic heterocycles. The van der Waals surface area contributed by atoms with Gasteiger partial charge in [-0.05, 0) is 50.2 Å². The Bertz CT molecular complexity index is 1110. The fourth-order valence-electron chi connectivity index (χ4n) is 7.34. The summed E-state index contributed by atoms with van der Waals surface area (Å²) in [6, 6.07) is 8.03. The molecule has 3 fully saturated rings. The second kappa shape index (κ2) is 13.9. The minimum Gasteiger partial charge on any atom is -0.445 e. The van der Waals surface area contributed by atoms with E-state index in [1.165, 1.54) is 0 Å². The van der Waals surface area contributed by atoms with E-state index in [0.717, 1.165) is 75.1 Å². The molecule has 3 heterocycles. The molecule has 4 unspecified atom stereocenters. The minimum atomic E-state index is -0.747. The van der Waals surface area contributed by atoms with Crippen LogP contribution in [0.3, 0.4) is 0 Å². The molecular weight excluding hydrogens is 554 g/mol. The van der Waals surface area contributed by atoms with Crippen LogP contribution in [0.15, 0.2) is 35.5 Å². The second-order valence-corrected chi connectivity index (χ2v) is 13.4. The van der Waals surface area contributed by atoms with Crippen LogP contribution in [0, 0.1) is 17.3 Å². The molecule has 3 aliphatic heterocycles.